The third-order valence-electron chi connectivity index (χ3n) is 3.58. The molecule has 3 rings (SSSR count). The molecule has 0 radical (unpaired) electrons. The van der Waals surface area contributed by atoms with Crippen LogP contribution in [0.2, 0.25) is 0 Å². The summed E-state index contributed by atoms with van der Waals surface area (Å²) in [6, 6.07) is 12.3. The number of fused-ring (bicyclic) bond motifs is 1. The normalized spacial score (nSPS) is 10.8. The zero-order chi connectivity index (χ0) is 17.3. The predicted molar refractivity (Wildman–Crippen MR) is 97.4 cm³/mol. The molecule has 4 nitrogen and oxygen atoms in total. The van der Waals surface area contributed by atoms with E-state index in [0.717, 1.165) is 14.3 Å². The molecular formula is C18H12Br2O4. The van der Waals surface area contributed by atoms with Crippen molar-refractivity contribution in [3.63, 3.8) is 0 Å². The molecule has 0 saturated carbocycles. The Balaban J connectivity index is 1.74. The van der Waals surface area contributed by atoms with E-state index in [2.05, 4.69) is 31.9 Å². The third-order valence-corrected chi connectivity index (χ3v) is 4.61. The van der Waals surface area contributed by atoms with E-state index >= 15 is 0 Å². The van der Waals surface area contributed by atoms with Crippen LogP contribution in [-0.2, 0) is 4.74 Å². The molecule has 0 amide bonds. The van der Waals surface area contributed by atoms with Gasteiger partial charge in [-0.3, -0.25) is 4.79 Å². The molecule has 0 spiro atoms. The number of halogens is 2. The molecule has 3 aromatic rings. The average molecular weight is 452 g/mol. The number of carbonyl (C=O) groups is 2. The number of ether oxygens (including phenoxy) is 1. The van der Waals surface area contributed by atoms with Crippen LogP contribution in [0.4, 0.5) is 0 Å². The van der Waals surface area contributed by atoms with Crippen LogP contribution in [0, 0.1) is 6.92 Å². The van der Waals surface area contributed by atoms with Gasteiger partial charge in [0.05, 0.1) is 0 Å². The highest BCUT2D eigenvalue weighted by atomic mass is 79.9. The fraction of sp³-hybridized carbons (Fsp3) is 0.111. The number of Topliss-reactive ketones (excluding diaryl/α,β-unsaturated/α-hetero) is 1. The van der Waals surface area contributed by atoms with Crippen molar-refractivity contribution in [1.29, 1.82) is 0 Å². The summed E-state index contributed by atoms with van der Waals surface area (Å²) in [6.07, 6.45) is 0. The lowest BCUT2D eigenvalue weighted by molar-refractivity contribution is 0.0445. The van der Waals surface area contributed by atoms with Gasteiger partial charge in [-0.1, -0.05) is 44.0 Å². The maximum absolute atomic E-state index is 12.2. The number of furan rings is 1. The summed E-state index contributed by atoms with van der Waals surface area (Å²) >= 11 is 6.69. The quantitative estimate of drug-likeness (QED) is 0.398. The lowest BCUT2D eigenvalue weighted by atomic mass is 10.1. The number of ketones is 1. The van der Waals surface area contributed by atoms with Crippen molar-refractivity contribution in [1.82, 2.24) is 0 Å². The molecule has 2 aromatic carbocycles. The lowest BCUT2D eigenvalue weighted by Crippen LogP contribution is -2.14. The average Bonchev–Trinajstić information content (AvgIpc) is 2.89. The van der Waals surface area contributed by atoms with Crippen LogP contribution in [0.25, 0.3) is 11.0 Å². The highest BCUT2D eigenvalue weighted by Crippen LogP contribution is 2.28. The molecule has 0 bridgehead atoms. The van der Waals surface area contributed by atoms with Gasteiger partial charge in [0.2, 0.25) is 5.76 Å². The Kier molecular flexibility index (Phi) is 4.87. The van der Waals surface area contributed by atoms with Crippen LogP contribution in [0.1, 0.15) is 26.5 Å². The van der Waals surface area contributed by atoms with Crippen molar-refractivity contribution in [3.8, 4) is 0 Å². The maximum Gasteiger partial charge on any atom is 0.375 e. The van der Waals surface area contributed by atoms with E-state index in [0.29, 0.717) is 16.7 Å². The van der Waals surface area contributed by atoms with Crippen molar-refractivity contribution in [2.45, 2.75) is 6.92 Å². The molecule has 0 aliphatic rings. The highest BCUT2D eigenvalue weighted by Gasteiger charge is 2.20. The first kappa shape index (κ1) is 16.9. The van der Waals surface area contributed by atoms with Gasteiger partial charge in [-0.2, -0.15) is 0 Å². The first-order valence-corrected chi connectivity index (χ1v) is 8.69. The molecule has 0 unspecified atom stereocenters. The molecule has 6 heteroatoms. The van der Waals surface area contributed by atoms with E-state index < -0.39 is 5.97 Å². The number of rotatable bonds is 4. The number of esters is 1. The number of hydrogen-bond donors (Lipinski definition) is 0. The van der Waals surface area contributed by atoms with Crippen molar-refractivity contribution in [2.24, 2.45) is 0 Å². The van der Waals surface area contributed by atoms with Crippen molar-refractivity contribution < 1.29 is 18.7 Å². The van der Waals surface area contributed by atoms with E-state index in [-0.39, 0.29) is 18.2 Å². The van der Waals surface area contributed by atoms with Crippen LogP contribution in [0.5, 0.6) is 0 Å². The lowest BCUT2D eigenvalue weighted by Gasteiger charge is -2.03. The molecule has 1 aromatic heterocycles. The van der Waals surface area contributed by atoms with Crippen molar-refractivity contribution >= 4 is 54.6 Å². The molecular weight excluding hydrogens is 440 g/mol. The van der Waals surface area contributed by atoms with Crippen LogP contribution >= 0.6 is 31.9 Å². The molecule has 0 atom stereocenters. The van der Waals surface area contributed by atoms with Gasteiger partial charge in [0.1, 0.15) is 5.58 Å². The van der Waals surface area contributed by atoms with Gasteiger partial charge in [0.15, 0.2) is 12.4 Å². The first-order chi connectivity index (χ1) is 11.5. The number of aryl methyl sites for hydroxylation is 1. The Bertz CT molecular complexity index is 926. The second-order valence-electron chi connectivity index (χ2n) is 5.20. The molecule has 0 aliphatic heterocycles. The minimum atomic E-state index is -0.648. The zero-order valence-corrected chi connectivity index (χ0v) is 15.8. The molecule has 0 fully saturated rings. The van der Waals surface area contributed by atoms with Crippen LogP contribution in [0.3, 0.4) is 0 Å². The predicted octanol–water partition coefficient (Wildman–Crippen LogP) is 5.31. The number of carbonyl (C=O) groups excluding carboxylic acids is 2. The second-order valence-corrected chi connectivity index (χ2v) is 7.03. The van der Waals surface area contributed by atoms with Gasteiger partial charge >= 0.3 is 5.97 Å². The van der Waals surface area contributed by atoms with E-state index in [1.54, 1.807) is 37.3 Å². The number of benzene rings is 2. The summed E-state index contributed by atoms with van der Waals surface area (Å²) in [7, 11) is 0. The van der Waals surface area contributed by atoms with E-state index in [1.807, 2.05) is 12.1 Å². The molecule has 24 heavy (non-hydrogen) atoms. The third kappa shape index (κ3) is 3.44. The summed E-state index contributed by atoms with van der Waals surface area (Å²) in [5.41, 5.74) is 1.77. The topological polar surface area (TPSA) is 56.5 Å². The van der Waals surface area contributed by atoms with Crippen LogP contribution in [-0.4, -0.2) is 18.4 Å². The molecule has 0 saturated heterocycles. The molecule has 0 N–H and O–H groups in total. The minimum Gasteiger partial charge on any atom is -0.451 e. The first-order valence-electron chi connectivity index (χ1n) is 7.10. The standard InChI is InChI=1S/C18H12Br2O4/c1-10-14-8-13(20)6-7-16(14)24-17(10)18(22)23-9-15(21)11-2-4-12(19)5-3-11/h2-8H,9H2,1H3. The van der Waals surface area contributed by atoms with Gasteiger partial charge in [-0.15, -0.1) is 0 Å². The summed E-state index contributed by atoms with van der Waals surface area (Å²) in [4.78, 5) is 24.3. The molecule has 1 heterocycles. The summed E-state index contributed by atoms with van der Waals surface area (Å²) < 4.78 is 12.4. The Morgan fingerprint density at radius 1 is 1.04 bits per heavy atom. The zero-order valence-electron chi connectivity index (χ0n) is 12.6. The second kappa shape index (κ2) is 6.91. The van der Waals surface area contributed by atoms with Crippen LogP contribution < -0.4 is 0 Å². The Morgan fingerprint density at radius 3 is 2.42 bits per heavy atom. The summed E-state index contributed by atoms with van der Waals surface area (Å²) in [5.74, 6) is -0.802. The fourth-order valence-electron chi connectivity index (χ4n) is 2.30. The Morgan fingerprint density at radius 2 is 1.71 bits per heavy atom. The van der Waals surface area contributed by atoms with Gasteiger partial charge in [0.25, 0.3) is 0 Å². The van der Waals surface area contributed by atoms with Gasteiger partial charge in [-0.05, 0) is 37.3 Å². The van der Waals surface area contributed by atoms with Crippen LogP contribution in [0.15, 0.2) is 55.8 Å². The SMILES string of the molecule is Cc1c(C(=O)OCC(=O)c2ccc(Br)cc2)oc2ccc(Br)cc12. The van der Waals surface area contributed by atoms with Crippen molar-refractivity contribution in [3.05, 3.63) is 68.3 Å². The fourth-order valence-corrected chi connectivity index (χ4v) is 2.93. The van der Waals surface area contributed by atoms with Gasteiger partial charge in [-0.25, -0.2) is 4.79 Å². The monoisotopic (exact) mass is 450 g/mol. The minimum absolute atomic E-state index is 0.117. The molecule has 0 aliphatic carbocycles. The highest BCUT2D eigenvalue weighted by molar-refractivity contribution is 9.10. The molecule has 122 valence electrons. The smallest absolute Gasteiger partial charge is 0.375 e. The van der Waals surface area contributed by atoms with Crippen molar-refractivity contribution in [2.75, 3.05) is 6.61 Å². The van der Waals surface area contributed by atoms with E-state index in [4.69, 9.17) is 9.15 Å². The Labute approximate surface area is 155 Å². The van der Waals surface area contributed by atoms with E-state index in [9.17, 15) is 9.59 Å². The van der Waals surface area contributed by atoms with Gasteiger partial charge in [0, 0.05) is 25.5 Å². The Hall–Kier alpha value is -1.92. The summed E-state index contributed by atoms with van der Waals surface area (Å²) in [6.45, 7) is 1.45. The number of hydrogen-bond acceptors (Lipinski definition) is 4. The summed E-state index contributed by atoms with van der Waals surface area (Å²) in [5, 5.41) is 0.829. The van der Waals surface area contributed by atoms with Gasteiger partial charge < -0.3 is 9.15 Å². The maximum atomic E-state index is 12.2. The van der Waals surface area contributed by atoms with E-state index in [1.165, 1.54) is 0 Å². The largest absolute Gasteiger partial charge is 0.451 e.